The van der Waals surface area contributed by atoms with Crippen molar-refractivity contribution in [1.29, 1.82) is 0 Å². The van der Waals surface area contributed by atoms with E-state index in [9.17, 15) is 9.90 Å². The van der Waals surface area contributed by atoms with Crippen LogP contribution in [0.25, 0.3) is 0 Å². The van der Waals surface area contributed by atoms with Crippen molar-refractivity contribution in [3.05, 3.63) is 59.4 Å². The number of aromatic carboxylic acids is 1. The molecule has 1 aromatic carbocycles. The van der Waals surface area contributed by atoms with Crippen LogP contribution in [0, 0.1) is 0 Å². The number of hydrogen-bond acceptors (Lipinski definition) is 3. The molecule has 0 fully saturated rings. The Balaban J connectivity index is 2.29. The Kier molecular flexibility index (Phi) is 3.05. The third-order valence-corrected chi connectivity index (χ3v) is 2.40. The molecule has 2 rings (SSSR count). The van der Waals surface area contributed by atoms with Crippen molar-refractivity contribution in [1.82, 2.24) is 4.98 Å². The zero-order valence-electron chi connectivity index (χ0n) is 9.00. The second-order valence-corrected chi connectivity index (χ2v) is 3.66. The van der Waals surface area contributed by atoms with Crippen LogP contribution in [0.4, 0.5) is 0 Å². The number of carbonyl (C=O) groups is 1. The normalized spacial score (nSPS) is 10.1. The van der Waals surface area contributed by atoms with Gasteiger partial charge in [-0.15, -0.1) is 0 Å². The van der Waals surface area contributed by atoms with E-state index in [1.165, 1.54) is 12.3 Å². The Hall–Kier alpha value is -2.36. The SMILES string of the molecule is O=C(O)c1cc(Cc2ccccc2)ncc1O. The Morgan fingerprint density at radius 1 is 1.24 bits per heavy atom. The van der Waals surface area contributed by atoms with E-state index < -0.39 is 5.97 Å². The highest BCUT2D eigenvalue weighted by Crippen LogP contribution is 2.17. The Labute approximate surface area is 98.2 Å². The van der Waals surface area contributed by atoms with Gasteiger partial charge in [0.05, 0.1) is 6.20 Å². The third kappa shape index (κ3) is 2.60. The molecule has 0 radical (unpaired) electrons. The van der Waals surface area contributed by atoms with Gasteiger partial charge in [0.1, 0.15) is 11.3 Å². The number of aromatic nitrogens is 1. The average Bonchev–Trinajstić information content (AvgIpc) is 2.32. The van der Waals surface area contributed by atoms with E-state index in [0.717, 1.165) is 5.56 Å². The van der Waals surface area contributed by atoms with Crippen molar-refractivity contribution >= 4 is 5.97 Å². The summed E-state index contributed by atoms with van der Waals surface area (Å²) in [5.41, 5.74) is 1.54. The molecule has 4 nitrogen and oxygen atoms in total. The standard InChI is InChI=1S/C13H11NO3/c15-12-8-14-10(7-11(12)13(16)17)6-9-4-2-1-3-5-9/h1-5,7-8,15H,6H2,(H,16,17). The number of nitrogens with zero attached hydrogens (tertiary/aromatic N) is 1. The summed E-state index contributed by atoms with van der Waals surface area (Å²) >= 11 is 0. The number of hydrogen-bond donors (Lipinski definition) is 2. The first-order chi connectivity index (χ1) is 8.16. The minimum Gasteiger partial charge on any atom is -0.505 e. The van der Waals surface area contributed by atoms with E-state index >= 15 is 0 Å². The van der Waals surface area contributed by atoms with Gasteiger partial charge in [0.25, 0.3) is 0 Å². The van der Waals surface area contributed by atoms with Gasteiger partial charge in [0.15, 0.2) is 0 Å². The molecule has 0 unspecified atom stereocenters. The molecule has 0 spiro atoms. The zero-order valence-corrected chi connectivity index (χ0v) is 9.00. The molecule has 1 heterocycles. The molecule has 0 aliphatic carbocycles. The summed E-state index contributed by atoms with van der Waals surface area (Å²) in [5, 5.41) is 18.2. The average molecular weight is 229 g/mol. The molecule has 0 atom stereocenters. The predicted octanol–water partition coefficient (Wildman–Crippen LogP) is 2.08. The summed E-state index contributed by atoms with van der Waals surface area (Å²) in [7, 11) is 0. The Bertz CT molecular complexity index is 538. The van der Waals surface area contributed by atoms with Crippen molar-refractivity contribution in [2.24, 2.45) is 0 Å². The number of pyridine rings is 1. The fourth-order valence-electron chi connectivity index (χ4n) is 1.56. The van der Waals surface area contributed by atoms with Crippen molar-refractivity contribution < 1.29 is 15.0 Å². The first kappa shape index (κ1) is 11.1. The van der Waals surface area contributed by atoms with Crippen molar-refractivity contribution in [3.63, 3.8) is 0 Å². The summed E-state index contributed by atoms with van der Waals surface area (Å²) in [6.07, 6.45) is 1.71. The second-order valence-electron chi connectivity index (χ2n) is 3.66. The molecular formula is C13H11NO3. The monoisotopic (exact) mass is 229 g/mol. The van der Waals surface area contributed by atoms with E-state index in [4.69, 9.17) is 5.11 Å². The maximum Gasteiger partial charge on any atom is 0.339 e. The van der Waals surface area contributed by atoms with Crippen LogP contribution in [0.5, 0.6) is 5.75 Å². The van der Waals surface area contributed by atoms with Crippen LogP contribution in [-0.4, -0.2) is 21.2 Å². The van der Waals surface area contributed by atoms with E-state index in [2.05, 4.69) is 4.98 Å². The second kappa shape index (κ2) is 4.65. The van der Waals surface area contributed by atoms with Gasteiger partial charge >= 0.3 is 5.97 Å². The first-order valence-corrected chi connectivity index (χ1v) is 5.12. The van der Waals surface area contributed by atoms with Gasteiger partial charge in [0.2, 0.25) is 0 Å². The third-order valence-electron chi connectivity index (χ3n) is 2.40. The number of carboxylic acids is 1. The number of aromatic hydroxyl groups is 1. The summed E-state index contributed by atoms with van der Waals surface area (Å²) in [4.78, 5) is 14.8. The lowest BCUT2D eigenvalue weighted by molar-refractivity contribution is 0.0693. The summed E-state index contributed by atoms with van der Waals surface area (Å²) in [5.74, 6) is -1.46. The Morgan fingerprint density at radius 3 is 2.59 bits per heavy atom. The molecule has 86 valence electrons. The van der Waals surface area contributed by atoms with Crippen LogP contribution in [0.3, 0.4) is 0 Å². The quantitative estimate of drug-likeness (QED) is 0.845. The minimum absolute atomic E-state index is 0.120. The van der Waals surface area contributed by atoms with E-state index in [1.807, 2.05) is 30.3 Å². The lowest BCUT2D eigenvalue weighted by atomic mass is 10.1. The van der Waals surface area contributed by atoms with Gasteiger partial charge in [-0.2, -0.15) is 0 Å². The maximum absolute atomic E-state index is 10.8. The van der Waals surface area contributed by atoms with Crippen molar-refractivity contribution in [2.75, 3.05) is 0 Å². The van der Waals surface area contributed by atoms with Crippen LogP contribution in [-0.2, 0) is 6.42 Å². The largest absolute Gasteiger partial charge is 0.505 e. The molecular weight excluding hydrogens is 218 g/mol. The molecule has 0 saturated carbocycles. The highest BCUT2D eigenvalue weighted by molar-refractivity contribution is 5.90. The predicted molar refractivity (Wildman–Crippen MR) is 62.1 cm³/mol. The topological polar surface area (TPSA) is 70.4 Å². The molecule has 1 aromatic heterocycles. The molecule has 0 aliphatic heterocycles. The number of rotatable bonds is 3. The Morgan fingerprint density at radius 2 is 1.94 bits per heavy atom. The molecule has 0 amide bonds. The first-order valence-electron chi connectivity index (χ1n) is 5.12. The molecule has 0 saturated heterocycles. The molecule has 17 heavy (non-hydrogen) atoms. The highest BCUT2D eigenvalue weighted by Gasteiger charge is 2.11. The van der Waals surface area contributed by atoms with Gasteiger partial charge < -0.3 is 10.2 Å². The lowest BCUT2D eigenvalue weighted by Gasteiger charge is -2.04. The number of carboxylic acid groups (broad SMARTS) is 1. The van der Waals surface area contributed by atoms with Gasteiger partial charge in [-0.25, -0.2) is 4.79 Å². The van der Waals surface area contributed by atoms with Crippen LogP contribution in [0.2, 0.25) is 0 Å². The maximum atomic E-state index is 10.8. The lowest BCUT2D eigenvalue weighted by Crippen LogP contribution is -2.00. The van der Waals surface area contributed by atoms with Gasteiger partial charge in [-0.1, -0.05) is 30.3 Å². The highest BCUT2D eigenvalue weighted by atomic mass is 16.4. The fourth-order valence-corrected chi connectivity index (χ4v) is 1.56. The zero-order chi connectivity index (χ0) is 12.3. The van der Waals surface area contributed by atoms with Crippen LogP contribution < -0.4 is 0 Å². The van der Waals surface area contributed by atoms with Gasteiger partial charge in [-0.3, -0.25) is 4.98 Å². The van der Waals surface area contributed by atoms with Gasteiger partial charge in [0, 0.05) is 12.1 Å². The fraction of sp³-hybridized carbons (Fsp3) is 0.0769. The molecule has 2 aromatic rings. The number of benzene rings is 1. The van der Waals surface area contributed by atoms with Gasteiger partial charge in [-0.05, 0) is 11.6 Å². The molecule has 0 aliphatic rings. The van der Waals surface area contributed by atoms with E-state index in [1.54, 1.807) is 0 Å². The van der Waals surface area contributed by atoms with Crippen molar-refractivity contribution in [2.45, 2.75) is 6.42 Å². The van der Waals surface area contributed by atoms with Crippen molar-refractivity contribution in [3.8, 4) is 5.75 Å². The molecule has 0 bridgehead atoms. The summed E-state index contributed by atoms with van der Waals surface area (Å²) in [6.45, 7) is 0. The molecule has 4 heteroatoms. The van der Waals surface area contributed by atoms with E-state index in [-0.39, 0.29) is 11.3 Å². The van der Waals surface area contributed by atoms with Crippen LogP contribution in [0.1, 0.15) is 21.6 Å². The summed E-state index contributed by atoms with van der Waals surface area (Å²) in [6, 6.07) is 11.0. The minimum atomic E-state index is -1.15. The molecule has 2 N–H and O–H groups in total. The van der Waals surface area contributed by atoms with Crippen LogP contribution in [0.15, 0.2) is 42.6 Å². The van der Waals surface area contributed by atoms with Crippen LogP contribution >= 0.6 is 0 Å². The summed E-state index contributed by atoms with van der Waals surface area (Å²) < 4.78 is 0. The smallest absolute Gasteiger partial charge is 0.339 e. The van der Waals surface area contributed by atoms with E-state index in [0.29, 0.717) is 12.1 Å².